The van der Waals surface area contributed by atoms with Gasteiger partial charge in [-0.1, -0.05) is 78.9 Å². The number of nitrogens with one attached hydrogen (secondary N) is 1. The molecule has 0 aromatic heterocycles. The number of rotatable bonds is 10. The van der Waals surface area contributed by atoms with Crippen molar-refractivity contribution in [2.75, 3.05) is 13.2 Å². The number of amides is 2. The van der Waals surface area contributed by atoms with Gasteiger partial charge >= 0.3 is 12.1 Å². The van der Waals surface area contributed by atoms with Gasteiger partial charge < -0.3 is 20.1 Å². The molecule has 4 rings (SSSR count). The Bertz CT molecular complexity index is 1180. The summed E-state index contributed by atoms with van der Waals surface area (Å²) in [5, 5.41) is 11.8. The van der Waals surface area contributed by atoms with Gasteiger partial charge in [0, 0.05) is 31.5 Å². The fraction of sp³-hybridized carbons (Fsp3) is 0.276. The summed E-state index contributed by atoms with van der Waals surface area (Å²) in [7, 11) is 0. The lowest BCUT2D eigenvalue weighted by atomic mass is 9.98. The van der Waals surface area contributed by atoms with Gasteiger partial charge in [-0.15, -0.1) is 0 Å². The number of alkyl carbamates (subject to hydrolysis) is 1. The second-order valence-corrected chi connectivity index (χ2v) is 9.02. The SMILES string of the molecule is C[C@H](CC(=O)N(CCC(=O)O)Cc1ccccc1)NC(=O)OCC1c2ccccc2-c2ccccc21. The van der Waals surface area contributed by atoms with Crippen LogP contribution in [0.3, 0.4) is 0 Å². The van der Waals surface area contributed by atoms with E-state index in [1.54, 1.807) is 6.92 Å². The van der Waals surface area contributed by atoms with E-state index in [9.17, 15) is 14.4 Å². The van der Waals surface area contributed by atoms with E-state index in [2.05, 4.69) is 29.6 Å². The first-order valence-corrected chi connectivity index (χ1v) is 12.1. The molecule has 0 spiro atoms. The van der Waals surface area contributed by atoms with Gasteiger partial charge in [0.1, 0.15) is 6.61 Å². The molecule has 2 N–H and O–H groups in total. The van der Waals surface area contributed by atoms with E-state index in [1.165, 1.54) is 4.90 Å². The van der Waals surface area contributed by atoms with Crippen LogP contribution in [0, 0.1) is 0 Å². The van der Waals surface area contributed by atoms with Crippen LogP contribution in [0.25, 0.3) is 11.1 Å². The Balaban J connectivity index is 1.32. The highest BCUT2D eigenvalue weighted by atomic mass is 16.5. The molecule has 0 fully saturated rings. The van der Waals surface area contributed by atoms with Crippen molar-refractivity contribution in [2.45, 2.75) is 38.3 Å². The van der Waals surface area contributed by atoms with E-state index >= 15 is 0 Å². The molecule has 0 saturated carbocycles. The number of hydrogen-bond acceptors (Lipinski definition) is 4. The first kappa shape index (κ1) is 25.0. The van der Waals surface area contributed by atoms with Crippen LogP contribution in [0.5, 0.6) is 0 Å². The number of carboxylic acid groups (broad SMARTS) is 1. The quantitative estimate of drug-likeness (QED) is 0.429. The van der Waals surface area contributed by atoms with Crippen LogP contribution in [-0.4, -0.2) is 47.2 Å². The van der Waals surface area contributed by atoms with E-state index in [4.69, 9.17) is 9.84 Å². The molecule has 186 valence electrons. The molecule has 0 bridgehead atoms. The highest BCUT2D eigenvalue weighted by Crippen LogP contribution is 2.44. The van der Waals surface area contributed by atoms with Crippen molar-refractivity contribution >= 4 is 18.0 Å². The molecule has 0 unspecified atom stereocenters. The normalized spacial score (nSPS) is 12.8. The van der Waals surface area contributed by atoms with Crippen molar-refractivity contribution in [3.8, 4) is 11.1 Å². The van der Waals surface area contributed by atoms with Gasteiger partial charge in [0.2, 0.25) is 5.91 Å². The smallest absolute Gasteiger partial charge is 0.407 e. The molecule has 1 aliphatic carbocycles. The maximum Gasteiger partial charge on any atom is 0.407 e. The number of aliphatic carboxylic acids is 1. The van der Waals surface area contributed by atoms with Gasteiger partial charge in [0.25, 0.3) is 0 Å². The Morgan fingerprint density at radius 3 is 2.11 bits per heavy atom. The van der Waals surface area contributed by atoms with Crippen LogP contribution in [0.4, 0.5) is 4.79 Å². The summed E-state index contributed by atoms with van der Waals surface area (Å²) < 4.78 is 5.57. The Labute approximate surface area is 210 Å². The molecule has 0 radical (unpaired) electrons. The third kappa shape index (κ3) is 6.10. The molecule has 1 atom stereocenters. The van der Waals surface area contributed by atoms with Crippen molar-refractivity contribution in [3.05, 3.63) is 95.6 Å². The summed E-state index contributed by atoms with van der Waals surface area (Å²) >= 11 is 0. The highest BCUT2D eigenvalue weighted by Gasteiger charge is 2.29. The minimum atomic E-state index is -0.967. The Morgan fingerprint density at radius 2 is 1.50 bits per heavy atom. The average Bonchev–Trinajstić information content (AvgIpc) is 3.19. The number of ether oxygens (including phenoxy) is 1. The van der Waals surface area contributed by atoms with Gasteiger partial charge in [0.15, 0.2) is 0 Å². The minimum absolute atomic E-state index is 0.0383. The third-order valence-corrected chi connectivity index (χ3v) is 6.35. The number of carbonyl (C=O) groups is 3. The Hall–Kier alpha value is -4.13. The Morgan fingerprint density at radius 1 is 0.917 bits per heavy atom. The predicted octanol–water partition coefficient (Wildman–Crippen LogP) is 4.81. The summed E-state index contributed by atoms with van der Waals surface area (Å²) in [6, 6.07) is 25.2. The number of nitrogens with zero attached hydrogens (tertiary/aromatic N) is 1. The summed E-state index contributed by atoms with van der Waals surface area (Å²) in [5.41, 5.74) is 5.48. The van der Waals surface area contributed by atoms with Crippen LogP contribution in [0.1, 0.15) is 42.4 Å². The zero-order valence-electron chi connectivity index (χ0n) is 20.2. The zero-order valence-corrected chi connectivity index (χ0v) is 20.2. The first-order valence-electron chi connectivity index (χ1n) is 12.1. The van der Waals surface area contributed by atoms with E-state index in [0.717, 1.165) is 27.8 Å². The molecule has 7 heteroatoms. The second-order valence-electron chi connectivity index (χ2n) is 9.02. The number of fused-ring (bicyclic) bond motifs is 3. The van der Waals surface area contributed by atoms with Crippen molar-refractivity contribution in [3.63, 3.8) is 0 Å². The molecule has 0 saturated heterocycles. The van der Waals surface area contributed by atoms with E-state index in [-0.39, 0.29) is 37.8 Å². The predicted molar refractivity (Wildman–Crippen MR) is 136 cm³/mol. The molecular weight excluding hydrogens is 456 g/mol. The number of carbonyl (C=O) groups excluding carboxylic acids is 2. The van der Waals surface area contributed by atoms with Crippen molar-refractivity contribution in [1.29, 1.82) is 0 Å². The van der Waals surface area contributed by atoms with E-state index in [1.807, 2.05) is 54.6 Å². The largest absolute Gasteiger partial charge is 0.481 e. The standard InChI is InChI=1S/C29H30N2O5/c1-20(17-27(32)31(16-15-28(33)34)18-21-9-3-2-4-10-21)30-29(35)36-19-26-24-13-7-5-11-22(24)23-12-6-8-14-25(23)26/h2-14,20,26H,15-19H2,1H3,(H,30,35)(H,33,34)/t20-/m1/s1. The van der Waals surface area contributed by atoms with Crippen LogP contribution < -0.4 is 5.32 Å². The molecule has 36 heavy (non-hydrogen) atoms. The maximum atomic E-state index is 12.9. The maximum absolute atomic E-state index is 12.9. The lowest BCUT2D eigenvalue weighted by Gasteiger charge is -2.24. The molecule has 0 heterocycles. The monoisotopic (exact) mass is 486 g/mol. The second kappa shape index (κ2) is 11.5. The number of hydrogen-bond donors (Lipinski definition) is 2. The molecular formula is C29H30N2O5. The topological polar surface area (TPSA) is 95.9 Å². The van der Waals surface area contributed by atoms with Crippen molar-refractivity contribution < 1.29 is 24.2 Å². The van der Waals surface area contributed by atoms with Gasteiger partial charge in [-0.3, -0.25) is 9.59 Å². The average molecular weight is 487 g/mol. The molecule has 0 aliphatic heterocycles. The van der Waals surface area contributed by atoms with Crippen LogP contribution in [-0.2, 0) is 20.9 Å². The number of carboxylic acids is 1. The van der Waals surface area contributed by atoms with Gasteiger partial charge in [-0.25, -0.2) is 4.79 Å². The van der Waals surface area contributed by atoms with Gasteiger partial charge in [-0.2, -0.15) is 0 Å². The lowest BCUT2D eigenvalue weighted by Crippen LogP contribution is -2.40. The molecule has 3 aromatic rings. The molecule has 1 aliphatic rings. The van der Waals surface area contributed by atoms with Crippen molar-refractivity contribution in [2.24, 2.45) is 0 Å². The van der Waals surface area contributed by atoms with Gasteiger partial charge in [-0.05, 0) is 34.7 Å². The van der Waals surface area contributed by atoms with E-state index < -0.39 is 18.1 Å². The Kier molecular flexibility index (Phi) is 8.00. The first-order chi connectivity index (χ1) is 17.4. The van der Waals surface area contributed by atoms with Crippen LogP contribution in [0.15, 0.2) is 78.9 Å². The van der Waals surface area contributed by atoms with E-state index in [0.29, 0.717) is 6.54 Å². The van der Waals surface area contributed by atoms with Gasteiger partial charge in [0.05, 0.1) is 6.42 Å². The minimum Gasteiger partial charge on any atom is -0.481 e. The van der Waals surface area contributed by atoms with Crippen molar-refractivity contribution in [1.82, 2.24) is 10.2 Å². The summed E-state index contributed by atoms with van der Waals surface area (Å²) in [4.78, 5) is 38.1. The number of benzene rings is 3. The summed E-state index contributed by atoms with van der Waals surface area (Å²) in [6.45, 7) is 2.34. The fourth-order valence-corrected chi connectivity index (χ4v) is 4.61. The van der Waals surface area contributed by atoms with Crippen LogP contribution in [0.2, 0.25) is 0 Å². The molecule has 2 amide bonds. The third-order valence-electron chi connectivity index (χ3n) is 6.35. The molecule has 3 aromatic carbocycles. The highest BCUT2D eigenvalue weighted by molar-refractivity contribution is 5.80. The summed E-state index contributed by atoms with van der Waals surface area (Å²) in [5.74, 6) is -1.24. The fourth-order valence-electron chi connectivity index (χ4n) is 4.61. The molecule has 7 nitrogen and oxygen atoms in total. The summed E-state index contributed by atoms with van der Waals surface area (Å²) in [6.07, 6.45) is -0.694. The zero-order chi connectivity index (χ0) is 25.5. The lowest BCUT2D eigenvalue weighted by molar-refractivity contribution is -0.138. The van der Waals surface area contributed by atoms with Crippen LogP contribution >= 0.6 is 0 Å².